The number of primary amides is 1. The number of nitrogen functional groups attached to an aromatic ring is 1. The fraction of sp³-hybridized carbons (Fsp3) is 0.296. The SMILES string of the molecule is CN(C)[C@@H]1C(=O)C(C(N)=O)C(=O)[C@@]2(O)C(O)c3c(c(N)c4ccc(-c5ccccc5)c(O)c4c3O)[C@H](O)[C@@H]12. The monoisotopic (exact) mass is 521 g/mol. The standard InChI is InChI=1S/C27H27N3O8/c1-30(2)19-17-22(33)14-15(24(35)27(17,38)25(36)16(23(19)34)26(29)37)21(32)13-12(18(14)28)9-8-11(20(13)31)10-6-4-3-5-7-10/h3-9,16-17,19,22,24,31-33,35,38H,28H2,1-2H3,(H2,29,37)/t16?,17-,19+,22+,24?,27+/m1/s1. The molecule has 1 fully saturated rings. The van der Waals surface area contributed by atoms with E-state index in [0.717, 1.165) is 0 Å². The molecule has 5 rings (SSSR count). The van der Waals surface area contributed by atoms with Gasteiger partial charge in [-0.05, 0) is 25.7 Å². The minimum atomic E-state index is -2.90. The van der Waals surface area contributed by atoms with Gasteiger partial charge in [0.2, 0.25) is 5.91 Å². The minimum Gasteiger partial charge on any atom is -0.507 e. The van der Waals surface area contributed by atoms with E-state index in [4.69, 9.17) is 11.5 Å². The van der Waals surface area contributed by atoms with E-state index in [0.29, 0.717) is 11.1 Å². The van der Waals surface area contributed by atoms with Crippen LogP contribution in [0.5, 0.6) is 11.5 Å². The van der Waals surface area contributed by atoms with Gasteiger partial charge in [-0.2, -0.15) is 0 Å². The lowest BCUT2D eigenvalue weighted by atomic mass is 9.56. The summed E-state index contributed by atoms with van der Waals surface area (Å²) in [6.07, 6.45) is -4.07. The number of phenols is 2. The summed E-state index contributed by atoms with van der Waals surface area (Å²) in [6, 6.07) is 10.4. The molecule has 0 aliphatic heterocycles. The Morgan fingerprint density at radius 2 is 1.61 bits per heavy atom. The summed E-state index contributed by atoms with van der Waals surface area (Å²) < 4.78 is 0. The van der Waals surface area contributed by atoms with E-state index in [1.165, 1.54) is 25.1 Å². The average molecular weight is 522 g/mol. The zero-order chi connectivity index (χ0) is 27.8. The van der Waals surface area contributed by atoms with Crippen LogP contribution in [-0.2, 0) is 14.4 Å². The summed E-state index contributed by atoms with van der Waals surface area (Å²) in [6.45, 7) is 0. The third kappa shape index (κ3) is 3.13. The maximum Gasteiger partial charge on any atom is 0.235 e. The van der Waals surface area contributed by atoms with E-state index in [2.05, 4.69) is 0 Å². The second-order valence-electron chi connectivity index (χ2n) is 10.0. The first kappa shape index (κ1) is 25.6. The number of hydrogen-bond acceptors (Lipinski definition) is 10. The fourth-order valence-corrected chi connectivity index (χ4v) is 6.14. The zero-order valence-corrected chi connectivity index (χ0v) is 20.5. The van der Waals surface area contributed by atoms with Crippen molar-refractivity contribution in [2.75, 3.05) is 19.8 Å². The molecule has 0 aromatic heterocycles. The molecule has 1 amide bonds. The van der Waals surface area contributed by atoms with Crippen LogP contribution in [0.2, 0.25) is 0 Å². The normalized spacial score (nSPS) is 28.8. The predicted molar refractivity (Wildman–Crippen MR) is 136 cm³/mol. The molecule has 11 heteroatoms. The van der Waals surface area contributed by atoms with Crippen molar-refractivity contribution in [1.29, 1.82) is 0 Å². The van der Waals surface area contributed by atoms with Gasteiger partial charge in [0.1, 0.15) is 17.6 Å². The van der Waals surface area contributed by atoms with Gasteiger partial charge in [-0.3, -0.25) is 19.3 Å². The zero-order valence-electron chi connectivity index (χ0n) is 20.5. The van der Waals surface area contributed by atoms with Crippen LogP contribution >= 0.6 is 0 Å². The van der Waals surface area contributed by atoms with E-state index in [9.17, 15) is 39.9 Å². The Balaban J connectivity index is 1.84. The first-order valence-electron chi connectivity index (χ1n) is 11.8. The molecule has 0 bridgehead atoms. The summed E-state index contributed by atoms with van der Waals surface area (Å²) in [5.41, 5.74) is 8.96. The minimum absolute atomic E-state index is 0.134. The topological polar surface area (TPSA) is 208 Å². The van der Waals surface area contributed by atoms with Crippen molar-refractivity contribution in [3.63, 3.8) is 0 Å². The molecule has 1 saturated carbocycles. The number of Topliss-reactive ketones (excluding diaryl/α,β-unsaturated/α-hetero) is 2. The maximum absolute atomic E-state index is 13.4. The summed E-state index contributed by atoms with van der Waals surface area (Å²) in [5.74, 6) is -8.51. The van der Waals surface area contributed by atoms with Gasteiger partial charge in [-0.25, -0.2) is 0 Å². The molecule has 38 heavy (non-hydrogen) atoms. The summed E-state index contributed by atoms with van der Waals surface area (Å²) in [7, 11) is 2.88. The Bertz CT molecular complexity index is 1520. The highest BCUT2D eigenvalue weighted by atomic mass is 16.4. The van der Waals surface area contributed by atoms with Crippen LogP contribution in [-0.4, -0.2) is 73.6 Å². The molecule has 0 spiro atoms. The maximum atomic E-state index is 13.4. The van der Waals surface area contributed by atoms with E-state index in [-0.39, 0.29) is 27.8 Å². The molecule has 2 unspecified atom stereocenters. The lowest BCUT2D eigenvalue weighted by Gasteiger charge is -2.53. The Morgan fingerprint density at radius 3 is 2.18 bits per heavy atom. The second-order valence-corrected chi connectivity index (χ2v) is 10.0. The average Bonchev–Trinajstić information content (AvgIpc) is 2.86. The van der Waals surface area contributed by atoms with Crippen LogP contribution in [0.4, 0.5) is 5.69 Å². The summed E-state index contributed by atoms with van der Waals surface area (Å²) in [4.78, 5) is 40.0. The smallest absolute Gasteiger partial charge is 0.235 e. The second kappa shape index (κ2) is 8.50. The van der Waals surface area contributed by atoms with E-state index >= 15 is 0 Å². The first-order valence-corrected chi connectivity index (χ1v) is 11.8. The van der Waals surface area contributed by atoms with Crippen molar-refractivity contribution in [3.05, 3.63) is 53.6 Å². The van der Waals surface area contributed by atoms with Gasteiger partial charge in [-0.1, -0.05) is 36.4 Å². The molecule has 2 aliphatic carbocycles. The van der Waals surface area contributed by atoms with Crippen molar-refractivity contribution in [3.8, 4) is 22.6 Å². The Kier molecular flexibility index (Phi) is 5.73. The molecule has 11 nitrogen and oxygen atoms in total. The molecule has 3 aromatic carbocycles. The molecule has 0 saturated heterocycles. The van der Waals surface area contributed by atoms with Gasteiger partial charge < -0.3 is 37.0 Å². The number of carbonyl (C=O) groups is 3. The van der Waals surface area contributed by atoms with Crippen molar-refractivity contribution in [2.45, 2.75) is 23.9 Å². The van der Waals surface area contributed by atoms with Crippen LogP contribution < -0.4 is 11.5 Å². The number of fused-ring (bicyclic) bond motifs is 3. The fourth-order valence-electron chi connectivity index (χ4n) is 6.14. The lowest BCUT2D eigenvalue weighted by molar-refractivity contribution is -0.202. The van der Waals surface area contributed by atoms with E-state index in [1.807, 2.05) is 0 Å². The third-order valence-corrected chi connectivity index (χ3v) is 7.87. The van der Waals surface area contributed by atoms with Gasteiger partial charge in [0, 0.05) is 27.8 Å². The summed E-state index contributed by atoms with van der Waals surface area (Å²) >= 11 is 0. The number of carbonyl (C=O) groups excluding carboxylic acids is 3. The first-order chi connectivity index (χ1) is 17.8. The van der Waals surface area contributed by atoms with Crippen molar-refractivity contribution < 1.29 is 39.9 Å². The van der Waals surface area contributed by atoms with E-state index < -0.39 is 64.5 Å². The van der Waals surface area contributed by atoms with Crippen LogP contribution in [0.3, 0.4) is 0 Å². The van der Waals surface area contributed by atoms with Crippen molar-refractivity contribution >= 4 is 33.9 Å². The lowest BCUT2D eigenvalue weighted by Crippen LogP contribution is -2.71. The number of anilines is 1. The highest BCUT2D eigenvalue weighted by molar-refractivity contribution is 6.24. The Labute approximate surface area is 216 Å². The predicted octanol–water partition coefficient (Wildman–Crippen LogP) is 0.111. The van der Waals surface area contributed by atoms with Crippen molar-refractivity contribution in [2.24, 2.45) is 17.6 Å². The Morgan fingerprint density at radius 1 is 0.974 bits per heavy atom. The quantitative estimate of drug-likeness (QED) is 0.141. The molecule has 0 heterocycles. The highest BCUT2D eigenvalue weighted by Crippen LogP contribution is 2.59. The van der Waals surface area contributed by atoms with Crippen LogP contribution in [0.1, 0.15) is 23.3 Å². The van der Waals surface area contributed by atoms with Crippen LogP contribution in [0, 0.1) is 11.8 Å². The van der Waals surface area contributed by atoms with Gasteiger partial charge in [0.05, 0.1) is 23.4 Å². The van der Waals surface area contributed by atoms with E-state index in [1.54, 1.807) is 36.4 Å². The number of hydrogen-bond donors (Lipinski definition) is 7. The molecule has 0 radical (unpaired) electrons. The van der Waals surface area contributed by atoms with Gasteiger partial charge in [0.25, 0.3) is 0 Å². The molecular weight excluding hydrogens is 494 g/mol. The number of aliphatic hydroxyl groups excluding tert-OH is 2. The number of likely N-dealkylation sites (N-methyl/N-ethyl adjacent to an activating group) is 1. The number of benzene rings is 3. The number of nitrogens with zero attached hydrogens (tertiary/aromatic N) is 1. The van der Waals surface area contributed by atoms with Crippen molar-refractivity contribution in [1.82, 2.24) is 4.90 Å². The van der Waals surface area contributed by atoms with Gasteiger partial charge in [-0.15, -0.1) is 0 Å². The molecule has 198 valence electrons. The van der Waals surface area contributed by atoms with Crippen LogP contribution in [0.15, 0.2) is 42.5 Å². The highest BCUT2D eigenvalue weighted by Gasteiger charge is 2.68. The number of nitrogens with two attached hydrogens (primary N) is 2. The molecular formula is C27H27N3O8. The number of aromatic hydroxyl groups is 2. The molecule has 2 aliphatic rings. The van der Waals surface area contributed by atoms with Gasteiger partial charge in [0.15, 0.2) is 23.1 Å². The number of ketones is 2. The van der Waals surface area contributed by atoms with Gasteiger partial charge >= 0.3 is 0 Å². The molecule has 9 N–H and O–H groups in total. The third-order valence-electron chi connectivity index (χ3n) is 7.87. The number of aliphatic hydroxyl groups is 3. The van der Waals surface area contributed by atoms with Crippen LogP contribution in [0.25, 0.3) is 21.9 Å². The number of phenolic OH excluding ortho intramolecular Hbond substituents is 2. The summed E-state index contributed by atoms with van der Waals surface area (Å²) in [5, 5.41) is 57.2. The largest absolute Gasteiger partial charge is 0.507 e. The molecule has 6 atom stereocenters. The Hall–Kier alpha value is -4.03. The molecule has 3 aromatic rings. The number of amides is 1. The number of rotatable bonds is 3.